The molecule has 3 N–H and O–H groups in total. The topological polar surface area (TPSA) is 97.1 Å². The van der Waals surface area contributed by atoms with Gasteiger partial charge in [0.05, 0.1) is 29.7 Å². The Morgan fingerprint density at radius 3 is 3.05 bits per heavy atom. The number of nitrogens with one attached hydrogen (secondary N) is 1. The van der Waals surface area contributed by atoms with Crippen LogP contribution in [0, 0.1) is 11.3 Å². The Hall–Kier alpha value is -2.30. The van der Waals surface area contributed by atoms with Gasteiger partial charge < -0.3 is 20.3 Å². The van der Waals surface area contributed by atoms with Gasteiger partial charge in [-0.3, -0.25) is 0 Å². The number of benzene rings is 1. The van der Waals surface area contributed by atoms with Crippen LogP contribution in [-0.4, -0.2) is 12.3 Å². The van der Waals surface area contributed by atoms with E-state index in [4.69, 9.17) is 15.0 Å². The molecule has 6 nitrogen and oxygen atoms in total. The number of ether oxygens (including phenoxy) is 1. The molecule has 0 spiro atoms. The van der Waals surface area contributed by atoms with Crippen molar-refractivity contribution in [3.8, 4) is 6.07 Å². The zero-order valence-corrected chi connectivity index (χ0v) is 13.3. The maximum Gasteiger partial charge on any atom is 0.234 e. The minimum atomic E-state index is -0.338. The highest BCUT2D eigenvalue weighted by Crippen LogP contribution is 2.43. The van der Waals surface area contributed by atoms with Gasteiger partial charge >= 0.3 is 0 Å². The van der Waals surface area contributed by atoms with E-state index in [1.54, 1.807) is 7.11 Å². The number of hydrogen-bond donors (Lipinski definition) is 2. The van der Waals surface area contributed by atoms with Crippen molar-refractivity contribution in [3.05, 3.63) is 57.0 Å². The van der Waals surface area contributed by atoms with E-state index in [0.717, 1.165) is 15.6 Å². The van der Waals surface area contributed by atoms with Gasteiger partial charge in [0.1, 0.15) is 11.5 Å². The number of anilines is 1. The molecule has 0 saturated carbocycles. The van der Waals surface area contributed by atoms with E-state index < -0.39 is 0 Å². The van der Waals surface area contributed by atoms with Crippen molar-refractivity contribution in [3.63, 3.8) is 0 Å². The first kappa shape index (κ1) is 14.6. The van der Waals surface area contributed by atoms with Crippen LogP contribution in [0.4, 0.5) is 5.88 Å². The first-order chi connectivity index (χ1) is 10.7. The highest BCUT2D eigenvalue weighted by Gasteiger charge is 2.34. The Bertz CT molecular complexity index is 791. The summed E-state index contributed by atoms with van der Waals surface area (Å²) in [6.45, 7) is 0.295. The largest absolute Gasteiger partial charge is 0.384 e. The fourth-order valence-corrected chi connectivity index (χ4v) is 3.01. The molecular formula is C15H13BrN4O2. The third-order valence-electron chi connectivity index (χ3n) is 3.50. The van der Waals surface area contributed by atoms with Crippen molar-refractivity contribution in [2.24, 2.45) is 5.73 Å². The number of halogens is 1. The van der Waals surface area contributed by atoms with Crippen LogP contribution in [0.2, 0.25) is 0 Å². The normalized spacial score (nSPS) is 16.9. The molecule has 1 aliphatic rings. The molecule has 2 heterocycles. The molecule has 1 aromatic heterocycles. The third kappa shape index (κ3) is 2.36. The van der Waals surface area contributed by atoms with Gasteiger partial charge in [0.15, 0.2) is 0 Å². The van der Waals surface area contributed by atoms with E-state index in [1.165, 1.54) is 0 Å². The molecule has 3 rings (SSSR count). The van der Waals surface area contributed by atoms with Crippen LogP contribution < -0.4 is 11.1 Å². The number of aromatic nitrogens is 1. The summed E-state index contributed by atoms with van der Waals surface area (Å²) < 4.78 is 11.4. The lowest BCUT2D eigenvalue weighted by Crippen LogP contribution is -2.23. The van der Waals surface area contributed by atoms with Gasteiger partial charge in [-0.1, -0.05) is 33.2 Å². The zero-order valence-electron chi connectivity index (χ0n) is 11.8. The van der Waals surface area contributed by atoms with Gasteiger partial charge in [-0.15, -0.1) is 0 Å². The lowest BCUT2D eigenvalue weighted by Gasteiger charge is -2.24. The van der Waals surface area contributed by atoms with E-state index in [0.29, 0.717) is 23.8 Å². The van der Waals surface area contributed by atoms with Crippen LogP contribution in [0.25, 0.3) is 0 Å². The number of methoxy groups -OCH3 is 1. The van der Waals surface area contributed by atoms with E-state index in [1.807, 2.05) is 24.3 Å². The molecule has 0 unspecified atom stereocenters. The summed E-state index contributed by atoms with van der Waals surface area (Å²) in [6, 6.07) is 9.92. The van der Waals surface area contributed by atoms with E-state index >= 15 is 0 Å². The van der Waals surface area contributed by atoms with Gasteiger partial charge in [-0.2, -0.15) is 5.26 Å². The number of nitriles is 1. The average Bonchev–Trinajstić information content (AvgIpc) is 2.88. The summed E-state index contributed by atoms with van der Waals surface area (Å²) in [5, 5.41) is 16.4. The Kier molecular flexibility index (Phi) is 3.88. The van der Waals surface area contributed by atoms with Crippen molar-refractivity contribution in [1.82, 2.24) is 5.16 Å². The van der Waals surface area contributed by atoms with Gasteiger partial charge in [0.25, 0.3) is 0 Å². The Labute approximate surface area is 135 Å². The predicted molar refractivity (Wildman–Crippen MR) is 83.7 cm³/mol. The molecule has 2 aromatic rings. The number of hydrogen-bond acceptors (Lipinski definition) is 6. The SMILES string of the molecule is COCc1noc2c1[C@@H](c1cccc(Br)c1)C(C#N)=C(N)N2. The predicted octanol–water partition coefficient (Wildman–Crippen LogP) is 2.83. The van der Waals surface area contributed by atoms with E-state index in [-0.39, 0.29) is 11.7 Å². The second-order valence-electron chi connectivity index (χ2n) is 4.86. The summed E-state index contributed by atoms with van der Waals surface area (Å²) in [6.07, 6.45) is 0. The van der Waals surface area contributed by atoms with E-state index in [2.05, 4.69) is 32.5 Å². The molecule has 0 amide bonds. The molecule has 22 heavy (non-hydrogen) atoms. The second kappa shape index (κ2) is 5.83. The van der Waals surface area contributed by atoms with Crippen LogP contribution >= 0.6 is 15.9 Å². The van der Waals surface area contributed by atoms with Crippen LogP contribution in [0.15, 0.2) is 44.7 Å². The molecule has 112 valence electrons. The fourth-order valence-electron chi connectivity index (χ4n) is 2.59. The summed E-state index contributed by atoms with van der Waals surface area (Å²) in [4.78, 5) is 0. The highest BCUT2D eigenvalue weighted by molar-refractivity contribution is 9.10. The third-order valence-corrected chi connectivity index (χ3v) is 4.00. The summed E-state index contributed by atoms with van der Waals surface area (Å²) in [5.74, 6) is 0.392. The molecule has 0 fully saturated rings. The molecule has 0 aliphatic carbocycles. The minimum absolute atomic E-state index is 0.278. The Morgan fingerprint density at radius 2 is 2.36 bits per heavy atom. The average molecular weight is 361 g/mol. The molecule has 1 aliphatic heterocycles. The number of rotatable bonds is 3. The fraction of sp³-hybridized carbons (Fsp3) is 0.200. The number of fused-ring (bicyclic) bond motifs is 1. The van der Waals surface area contributed by atoms with Crippen molar-refractivity contribution >= 4 is 21.8 Å². The van der Waals surface area contributed by atoms with Gasteiger partial charge in [0, 0.05) is 11.6 Å². The monoisotopic (exact) mass is 360 g/mol. The quantitative estimate of drug-likeness (QED) is 0.873. The van der Waals surface area contributed by atoms with Crippen molar-refractivity contribution in [2.75, 3.05) is 12.4 Å². The summed E-state index contributed by atoms with van der Waals surface area (Å²) >= 11 is 3.46. The standard InChI is InChI=1S/C15H13BrN4O2/c1-21-7-11-13-12(8-3-2-4-9(16)5-8)10(6-17)14(18)19-15(13)22-20-11/h2-5,12,19H,7,18H2,1H3/t12-/m0/s1. The van der Waals surface area contributed by atoms with Crippen molar-refractivity contribution in [1.29, 1.82) is 5.26 Å². The summed E-state index contributed by atoms with van der Waals surface area (Å²) in [7, 11) is 1.58. The zero-order chi connectivity index (χ0) is 15.7. The van der Waals surface area contributed by atoms with Gasteiger partial charge in [-0.05, 0) is 17.7 Å². The maximum atomic E-state index is 9.52. The molecule has 1 aromatic carbocycles. The van der Waals surface area contributed by atoms with Crippen LogP contribution in [-0.2, 0) is 11.3 Å². The molecule has 0 bridgehead atoms. The smallest absolute Gasteiger partial charge is 0.234 e. The lowest BCUT2D eigenvalue weighted by molar-refractivity contribution is 0.177. The van der Waals surface area contributed by atoms with Crippen LogP contribution in [0.1, 0.15) is 22.7 Å². The number of allylic oxidation sites excluding steroid dienone is 1. The highest BCUT2D eigenvalue weighted by atomic mass is 79.9. The second-order valence-corrected chi connectivity index (χ2v) is 5.77. The molecule has 0 radical (unpaired) electrons. The molecule has 0 saturated heterocycles. The van der Waals surface area contributed by atoms with E-state index in [9.17, 15) is 5.26 Å². The maximum absolute atomic E-state index is 9.52. The molecule has 1 atom stereocenters. The minimum Gasteiger partial charge on any atom is -0.384 e. The van der Waals surface area contributed by atoms with Crippen molar-refractivity contribution < 1.29 is 9.26 Å². The van der Waals surface area contributed by atoms with Crippen LogP contribution in [0.5, 0.6) is 0 Å². The van der Waals surface area contributed by atoms with Gasteiger partial charge in [0.2, 0.25) is 5.88 Å². The number of nitrogens with zero attached hydrogens (tertiary/aromatic N) is 2. The first-order valence-corrected chi connectivity index (χ1v) is 7.34. The van der Waals surface area contributed by atoms with Crippen molar-refractivity contribution in [2.45, 2.75) is 12.5 Å². The molecule has 7 heteroatoms. The summed E-state index contributed by atoms with van der Waals surface area (Å²) in [5.41, 5.74) is 8.76. The molecular weight excluding hydrogens is 348 g/mol. The number of nitrogens with two attached hydrogens (primary N) is 1. The lowest BCUT2D eigenvalue weighted by atomic mass is 9.83. The Balaban J connectivity index is 2.21. The van der Waals surface area contributed by atoms with Gasteiger partial charge in [-0.25, -0.2) is 0 Å². The van der Waals surface area contributed by atoms with Crippen LogP contribution in [0.3, 0.4) is 0 Å². The first-order valence-electron chi connectivity index (χ1n) is 6.55. The Morgan fingerprint density at radius 1 is 1.55 bits per heavy atom.